The molecule has 0 saturated carbocycles. The SMILES string of the molecule is O=C(c1ncccc1C(F)(F)F)N1CCN(c2ncccc2Cl)CC1. The Kier molecular flexibility index (Phi) is 4.80. The smallest absolute Gasteiger partial charge is 0.352 e. The first kappa shape index (κ1) is 17.5. The predicted octanol–water partition coefficient (Wildman–Crippen LogP) is 3.11. The average molecular weight is 371 g/mol. The Morgan fingerprint density at radius 1 is 1.04 bits per heavy atom. The van der Waals surface area contributed by atoms with E-state index in [-0.39, 0.29) is 13.1 Å². The van der Waals surface area contributed by atoms with E-state index in [1.807, 2.05) is 4.90 Å². The van der Waals surface area contributed by atoms with E-state index in [0.717, 1.165) is 6.07 Å². The highest BCUT2D eigenvalue weighted by atomic mass is 35.5. The molecule has 2 aromatic heterocycles. The van der Waals surface area contributed by atoms with Crippen molar-refractivity contribution in [3.63, 3.8) is 0 Å². The number of aromatic nitrogens is 2. The van der Waals surface area contributed by atoms with Crippen LogP contribution in [0.5, 0.6) is 0 Å². The molecule has 0 radical (unpaired) electrons. The summed E-state index contributed by atoms with van der Waals surface area (Å²) in [5, 5.41) is 0.492. The number of amides is 1. The minimum atomic E-state index is -4.62. The zero-order valence-electron chi connectivity index (χ0n) is 13.0. The topological polar surface area (TPSA) is 49.3 Å². The summed E-state index contributed by atoms with van der Waals surface area (Å²) in [5.41, 5.74) is -1.59. The van der Waals surface area contributed by atoms with Crippen molar-refractivity contribution in [2.45, 2.75) is 6.18 Å². The van der Waals surface area contributed by atoms with Crippen molar-refractivity contribution in [1.82, 2.24) is 14.9 Å². The van der Waals surface area contributed by atoms with Crippen LogP contribution in [0.25, 0.3) is 0 Å². The van der Waals surface area contributed by atoms with Gasteiger partial charge in [-0.1, -0.05) is 11.6 Å². The first-order valence-corrected chi connectivity index (χ1v) is 7.92. The molecule has 132 valence electrons. The molecule has 25 heavy (non-hydrogen) atoms. The Bertz CT molecular complexity index is 776. The average Bonchev–Trinajstić information content (AvgIpc) is 2.61. The molecule has 0 atom stereocenters. The van der Waals surface area contributed by atoms with Crippen LogP contribution >= 0.6 is 11.6 Å². The number of pyridine rings is 2. The molecule has 1 fully saturated rings. The van der Waals surface area contributed by atoms with Crippen molar-refractivity contribution < 1.29 is 18.0 Å². The number of hydrogen-bond acceptors (Lipinski definition) is 4. The maximum Gasteiger partial charge on any atom is 0.418 e. The Balaban J connectivity index is 1.74. The zero-order valence-corrected chi connectivity index (χ0v) is 13.8. The normalized spacial score (nSPS) is 15.4. The molecule has 0 aliphatic carbocycles. The van der Waals surface area contributed by atoms with Gasteiger partial charge in [0, 0.05) is 38.6 Å². The van der Waals surface area contributed by atoms with Crippen molar-refractivity contribution in [3.8, 4) is 0 Å². The summed E-state index contributed by atoms with van der Waals surface area (Å²) in [5.74, 6) is -0.121. The summed E-state index contributed by atoms with van der Waals surface area (Å²) in [4.78, 5) is 23.6. The number of nitrogens with zero attached hydrogens (tertiary/aromatic N) is 4. The Morgan fingerprint density at radius 2 is 1.68 bits per heavy atom. The third-order valence-corrected chi connectivity index (χ3v) is 4.22. The summed E-state index contributed by atoms with van der Waals surface area (Å²) in [6, 6.07) is 5.46. The number of hydrogen-bond donors (Lipinski definition) is 0. The lowest BCUT2D eigenvalue weighted by molar-refractivity contribution is -0.138. The van der Waals surface area contributed by atoms with Crippen LogP contribution < -0.4 is 4.90 Å². The molecule has 1 aliphatic heterocycles. The summed E-state index contributed by atoms with van der Waals surface area (Å²) < 4.78 is 39.2. The van der Waals surface area contributed by atoms with Crippen molar-refractivity contribution in [1.29, 1.82) is 0 Å². The second-order valence-electron chi connectivity index (χ2n) is 5.49. The van der Waals surface area contributed by atoms with Gasteiger partial charge in [0.1, 0.15) is 11.5 Å². The number of halogens is 4. The summed E-state index contributed by atoms with van der Waals surface area (Å²) in [6.45, 7) is 1.38. The van der Waals surface area contributed by atoms with Crippen LogP contribution in [0.1, 0.15) is 16.1 Å². The molecule has 3 rings (SSSR count). The highest BCUT2D eigenvalue weighted by Gasteiger charge is 2.37. The van der Waals surface area contributed by atoms with Crippen LogP contribution in [0, 0.1) is 0 Å². The van der Waals surface area contributed by atoms with Gasteiger partial charge >= 0.3 is 6.18 Å². The van der Waals surface area contributed by atoms with Crippen molar-refractivity contribution in [3.05, 3.63) is 52.9 Å². The number of carbonyl (C=O) groups excluding carboxylic acids is 1. The molecule has 1 saturated heterocycles. The van der Waals surface area contributed by atoms with Crippen LogP contribution in [0.4, 0.5) is 19.0 Å². The van der Waals surface area contributed by atoms with E-state index >= 15 is 0 Å². The largest absolute Gasteiger partial charge is 0.418 e. The molecule has 5 nitrogen and oxygen atoms in total. The maximum absolute atomic E-state index is 13.1. The van der Waals surface area contributed by atoms with E-state index in [9.17, 15) is 18.0 Å². The number of anilines is 1. The number of rotatable bonds is 2. The number of piperazine rings is 1. The second kappa shape index (κ2) is 6.87. The van der Waals surface area contributed by atoms with Crippen LogP contribution in [0.2, 0.25) is 5.02 Å². The first-order valence-electron chi connectivity index (χ1n) is 7.55. The molecule has 9 heteroatoms. The molecule has 3 heterocycles. The quantitative estimate of drug-likeness (QED) is 0.815. The molecule has 0 aromatic carbocycles. The predicted molar refractivity (Wildman–Crippen MR) is 86.6 cm³/mol. The lowest BCUT2D eigenvalue weighted by Gasteiger charge is -2.35. The standard InChI is InChI=1S/C16H14ClF3N4O/c17-12-4-2-6-22-14(12)23-7-9-24(10-8-23)15(25)13-11(16(18,19)20)3-1-5-21-13/h1-6H,7-10H2. The fourth-order valence-electron chi connectivity index (χ4n) is 2.69. The van der Waals surface area contributed by atoms with Crippen LogP contribution in [-0.4, -0.2) is 47.0 Å². The van der Waals surface area contributed by atoms with E-state index in [2.05, 4.69) is 9.97 Å². The summed E-state index contributed by atoms with van der Waals surface area (Å²) in [7, 11) is 0. The summed E-state index contributed by atoms with van der Waals surface area (Å²) in [6.07, 6.45) is -1.82. The van der Waals surface area contributed by atoms with Gasteiger partial charge in [0.15, 0.2) is 0 Å². The van der Waals surface area contributed by atoms with Crippen LogP contribution in [-0.2, 0) is 6.18 Å². The third-order valence-electron chi connectivity index (χ3n) is 3.92. The van der Waals surface area contributed by atoms with E-state index in [0.29, 0.717) is 23.9 Å². The van der Waals surface area contributed by atoms with Gasteiger partial charge in [0.2, 0.25) is 0 Å². The van der Waals surface area contributed by atoms with Gasteiger partial charge in [-0.05, 0) is 24.3 Å². The van der Waals surface area contributed by atoms with E-state index < -0.39 is 23.3 Å². The lowest BCUT2D eigenvalue weighted by Crippen LogP contribution is -2.49. The fraction of sp³-hybridized carbons (Fsp3) is 0.312. The molecule has 0 spiro atoms. The van der Waals surface area contributed by atoms with Gasteiger partial charge in [0.25, 0.3) is 5.91 Å². The minimum Gasteiger partial charge on any atom is -0.352 e. The van der Waals surface area contributed by atoms with Gasteiger partial charge in [-0.15, -0.1) is 0 Å². The Morgan fingerprint density at radius 3 is 2.32 bits per heavy atom. The van der Waals surface area contributed by atoms with Gasteiger partial charge < -0.3 is 9.80 Å². The minimum absolute atomic E-state index is 0.263. The van der Waals surface area contributed by atoms with E-state index in [4.69, 9.17) is 11.6 Å². The van der Waals surface area contributed by atoms with E-state index in [1.54, 1.807) is 18.3 Å². The molecule has 1 aliphatic rings. The molecule has 0 bridgehead atoms. The molecule has 0 unspecified atom stereocenters. The van der Waals surface area contributed by atoms with Crippen molar-refractivity contribution in [2.24, 2.45) is 0 Å². The Labute approximate surface area is 147 Å². The monoisotopic (exact) mass is 370 g/mol. The van der Waals surface area contributed by atoms with Crippen molar-refractivity contribution in [2.75, 3.05) is 31.1 Å². The highest BCUT2D eigenvalue weighted by Crippen LogP contribution is 2.31. The molecular weight excluding hydrogens is 357 g/mol. The third kappa shape index (κ3) is 3.68. The lowest BCUT2D eigenvalue weighted by atomic mass is 10.1. The molecular formula is C16H14ClF3N4O. The maximum atomic E-state index is 13.1. The molecule has 1 amide bonds. The molecule has 2 aromatic rings. The molecule has 0 N–H and O–H groups in total. The second-order valence-corrected chi connectivity index (χ2v) is 5.89. The summed E-state index contributed by atoms with van der Waals surface area (Å²) >= 11 is 6.10. The van der Waals surface area contributed by atoms with Gasteiger partial charge in [-0.3, -0.25) is 9.78 Å². The number of carbonyl (C=O) groups is 1. The van der Waals surface area contributed by atoms with Gasteiger partial charge in [-0.25, -0.2) is 4.98 Å². The fourth-order valence-corrected chi connectivity index (χ4v) is 2.93. The number of alkyl halides is 3. The van der Waals surface area contributed by atoms with Crippen LogP contribution in [0.3, 0.4) is 0 Å². The zero-order chi connectivity index (χ0) is 18.0. The first-order chi connectivity index (χ1) is 11.9. The van der Waals surface area contributed by atoms with E-state index in [1.165, 1.54) is 17.2 Å². The van der Waals surface area contributed by atoms with Crippen molar-refractivity contribution >= 4 is 23.3 Å². The van der Waals surface area contributed by atoms with Crippen LogP contribution in [0.15, 0.2) is 36.7 Å². The van der Waals surface area contributed by atoms with Gasteiger partial charge in [0.05, 0.1) is 10.6 Å². The van der Waals surface area contributed by atoms with Gasteiger partial charge in [-0.2, -0.15) is 13.2 Å². The highest BCUT2D eigenvalue weighted by molar-refractivity contribution is 6.32. The Hall–Kier alpha value is -2.35.